The molecule has 0 saturated carbocycles. The summed E-state index contributed by atoms with van der Waals surface area (Å²) >= 11 is 0. The van der Waals surface area contributed by atoms with Crippen LogP contribution in [-0.4, -0.2) is 32.2 Å². The number of amides is 1. The van der Waals surface area contributed by atoms with E-state index in [0.29, 0.717) is 12.1 Å². The Kier molecular flexibility index (Phi) is 3.68. The second-order valence-corrected chi connectivity index (χ2v) is 4.96. The van der Waals surface area contributed by atoms with Gasteiger partial charge in [0.2, 0.25) is 0 Å². The number of rotatable bonds is 5. The van der Waals surface area contributed by atoms with E-state index in [4.69, 9.17) is 0 Å². The maximum absolute atomic E-state index is 11.8. The predicted octanol–water partition coefficient (Wildman–Crippen LogP) is 1.66. The number of nitrogens with zero attached hydrogens (tertiary/aromatic N) is 3. The molecular formula is C15H17N5O. The van der Waals surface area contributed by atoms with E-state index in [2.05, 4.69) is 20.4 Å². The maximum atomic E-state index is 11.8. The van der Waals surface area contributed by atoms with Gasteiger partial charge >= 0.3 is 0 Å². The first kappa shape index (κ1) is 13.4. The molecule has 0 atom stereocenters. The highest BCUT2D eigenvalue weighted by molar-refractivity contribution is 5.93. The minimum absolute atomic E-state index is 0.0901. The number of aromatic nitrogens is 4. The zero-order valence-corrected chi connectivity index (χ0v) is 11.8. The molecule has 6 nitrogen and oxygen atoms in total. The molecule has 2 heterocycles. The molecule has 3 rings (SSSR count). The summed E-state index contributed by atoms with van der Waals surface area (Å²) in [6.45, 7) is 0.616. The lowest BCUT2D eigenvalue weighted by Crippen LogP contribution is -2.24. The van der Waals surface area contributed by atoms with Crippen molar-refractivity contribution in [2.45, 2.75) is 12.8 Å². The number of H-pyrrole nitrogens is 1. The molecule has 0 aliphatic heterocycles. The molecule has 1 aromatic carbocycles. The molecule has 108 valence electrons. The van der Waals surface area contributed by atoms with E-state index in [1.165, 1.54) is 0 Å². The van der Waals surface area contributed by atoms with E-state index in [9.17, 15) is 4.79 Å². The van der Waals surface area contributed by atoms with E-state index in [0.717, 1.165) is 29.7 Å². The zero-order chi connectivity index (χ0) is 14.7. The average molecular weight is 283 g/mol. The molecule has 0 fully saturated rings. The van der Waals surface area contributed by atoms with Gasteiger partial charge in [0, 0.05) is 26.2 Å². The molecule has 1 amide bonds. The fourth-order valence-corrected chi connectivity index (χ4v) is 2.22. The van der Waals surface area contributed by atoms with Gasteiger partial charge in [0.15, 0.2) is 0 Å². The summed E-state index contributed by atoms with van der Waals surface area (Å²) in [4.78, 5) is 19.6. The van der Waals surface area contributed by atoms with E-state index < -0.39 is 0 Å². The Hall–Kier alpha value is -2.63. The van der Waals surface area contributed by atoms with Crippen molar-refractivity contribution in [2.24, 2.45) is 7.05 Å². The zero-order valence-electron chi connectivity index (χ0n) is 11.8. The lowest BCUT2D eigenvalue weighted by atomic mass is 10.3. The third-order valence-electron chi connectivity index (χ3n) is 3.28. The predicted molar refractivity (Wildman–Crippen MR) is 80.0 cm³/mol. The Morgan fingerprint density at radius 2 is 2.24 bits per heavy atom. The van der Waals surface area contributed by atoms with Gasteiger partial charge in [-0.3, -0.25) is 9.48 Å². The normalized spacial score (nSPS) is 10.9. The Morgan fingerprint density at radius 3 is 3.00 bits per heavy atom. The largest absolute Gasteiger partial charge is 0.352 e. The number of para-hydroxylation sites is 2. The minimum Gasteiger partial charge on any atom is -0.352 e. The Balaban J connectivity index is 1.49. The van der Waals surface area contributed by atoms with Crippen molar-refractivity contribution in [1.29, 1.82) is 0 Å². The Morgan fingerprint density at radius 1 is 1.38 bits per heavy atom. The summed E-state index contributed by atoms with van der Waals surface area (Å²) in [6, 6.07) is 7.95. The number of carbonyl (C=O) groups is 1. The minimum atomic E-state index is -0.0901. The smallest absolute Gasteiger partial charge is 0.254 e. The fourth-order valence-electron chi connectivity index (χ4n) is 2.22. The van der Waals surface area contributed by atoms with Crippen molar-refractivity contribution in [3.63, 3.8) is 0 Å². The van der Waals surface area contributed by atoms with Gasteiger partial charge in [-0.05, 0) is 18.6 Å². The van der Waals surface area contributed by atoms with Crippen molar-refractivity contribution in [1.82, 2.24) is 25.1 Å². The van der Waals surface area contributed by atoms with Gasteiger partial charge in [-0.1, -0.05) is 12.1 Å². The number of aryl methyl sites for hydroxylation is 2. The number of fused-ring (bicyclic) bond motifs is 1. The van der Waals surface area contributed by atoms with Crippen molar-refractivity contribution in [3.05, 3.63) is 48.0 Å². The van der Waals surface area contributed by atoms with Crippen LogP contribution in [0.25, 0.3) is 11.0 Å². The molecule has 2 aromatic heterocycles. The second kappa shape index (κ2) is 5.78. The van der Waals surface area contributed by atoms with E-state index in [1.54, 1.807) is 24.1 Å². The Labute approximate surface area is 122 Å². The fraction of sp³-hybridized carbons (Fsp3) is 0.267. The molecule has 2 N–H and O–H groups in total. The molecule has 0 spiro atoms. The average Bonchev–Trinajstić information content (AvgIpc) is 3.09. The molecule has 0 bridgehead atoms. The molecule has 0 radical (unpaired) electrons. The van der Waals surface area contributed by atoms with Gasteiger partial charge in [-0.2, -0.15) is 5.10 Å². The van der Waals surface area contributed by atoms with Crippen LogP contribution in [0.4, 0.5) is 0 Å². The SMILES string of the molecule is Cn1cc(C(=O)NCCCc2nc3ccccc3[nH]2)cn1. The summed E-state index contributed by atoms with van der Waals surface area (Å²) in [5.41, 5.74) is 2.61. The first-order chi connectivity index (χ1) is 10.2. The van der Waals surface area contributed by atoms with Crippen LogP contribution in [0.2, 0.25) is 0 Å². The number of hydrogen-bond acceptors (Lipinski definition) is 3. The molecule has 0 unspecified atom stereocenters. The lowest BCUT2D eigenvalue weighted by molar-refractivity contribution is 0.0953. The van der Waals surface area contributed by atoms with Crippen LogP contribution >= 0.6 is 0 Å². The van der Waals surface area contributed by atoms with Crippen molar-refractivity contribution < 1.29 is 4.79 Å². The molecule has 0 aliphatic carbocycles. The van der Waals surface area contributed by atoms with Gasteiger partial charge in [-0.15, -0.1) is 0 Å². The van der Waals surface area contributed by atoms with Gasteiger partial charge in [-0.25, -0.2) is 4.98 Å². The van der Waals surface area contributed by atoms with Crippen LogP contribution < -0.4 is 5.32 Å². The van der Waals surface area contributed by atoms with Gasteiger partial charge in [0.1, 0.15) is 5.82 Å². The first-order valence-electron chi connectivity index (χ1n) is 6.93. The monoisotopic (exact) mass is 283 g/mol. The van der Waals surface area contributed by atoms with Crippen LogP contribution in [0.15, 0.2) is 36.7 Å². The van der Waals surface area contributed by atoms with Gasteiger partial charge < -0.3 is 10.3 Å². The number of hydrogen-bond donors (Lipinski definition) is 2. The Bertz CT molecular complexity index is 725. The van der Waals surface area contributed by atoms with Crippen molar-refractivity contribution >= 4 is 16.9 Å². The molecular weight excluding hydrogens is 266 g/mol. The molecule has 0 saturated heterocycles. The van der Waals surface area contributed by atoms with E-state index >= 15 is 0 Å². The quantitative estimate of drug-likeness (QED) is 0.699. The third-order valence-corrected chi connectivity index (χ3v) is 3.28. The highest BCUT2D eigenvalue weighted by atomic mass is 16.1. The summed E-state index contributed by atoms with van der Waals surface area (Å²) in [5.74, 6) is 0.861. The summed E-state index contributed by atoms with van der Waals surface area (Å²) in [7, 11) is 1.79. The molecule has 3 aromatic rings. The number of nitrogens with one attached hydrogen (secondary N) is 2. The van der Waals surface area contributed by atoms with Crippen LogP contribution in [0.3, 0.4) is 0 Å². The highest BCUT2D eigenvalue weighted by Gasteiger charge is 2.07. The summed E-state index contributed by atoms with van der Waals surface area (Å²) < 4.78 is 1.61. The summed E-state index contributed by atoms with van der Waals surface area (Å²) in [6.07, 6.45) is 4.91. The lowest BCUT2D eigenvalue weighted by Gasteiger charge is -2.02. The van der Waals surface area contributed by atoms with Crippen molar-refractivity contribution in [2.75, 3.05) is 6.54 Å². The molecule has 0 aliphatic rings. The third kappa shape index (κ3) is 3.10. The maximum Gasteiger partial charge on any atom is 0.254 e. The van der Waals surface area contributed by atoms with Crippen LogP contribution in [0.1, 0.15) is 22.6 Å². The van der Waals surface area contributed by atoms with E-state index in [-0.39, 0.29) is 5.91 Å². The molecule has 21 heavy (non-hydrogen) atoms. The van der Waals surface area contributed by atoms with Crippen molar-refractivity contribution in [3.8, 4) is 0 Å². The highest BCUT2D eigenvalue weighted by Crippen LogP contribution is 2.11. The number of benzene rings is 1. The molecule has 6 heteroatoms. The van der Waals surface area contributed by atoms with Crippen LogP contribution in [-0.2, 0) is 13.5 Å². The van der Waals surface area contributed by atoms with Crippen LogP contribution in [0, 0.1) is 0 Å². The number of aromatic amines is 1. The van der Waals surface area contributed by atoms with Crippen LogP contribution in [0.5, 0.6) is 0 Å². The van der Waals surface area contributed by atoms with Gasteiger partial charge in [0.05, 0.1) is 22.8 Å². The first-order valence-corrected chi connectivity index (χ1v) is 6.93. The number of carbonyl (C=O) groups excluding carboxylic acids is 1. The number of imidazole rings is 1. The van der Waals surface area contributed by atoms with E-state index in [1.807, 2.05) is 24.3 Å². The second-order valence-electron chi connectivity index (χ2n) is 4.96. The topological polar surface area (TPSA) is 75.6 Å². The van der Waals surface area contributed by atoms with Gasteiger partial charge in [0.25, 0.3) is 5.91 Å². The standard InChI is InChI=1S/C15H17N5O/c1-20-10-11(9-17-20)15(21)16-8-4-7-14-18-12-5-2-3-6-13(12)19-14/h2-3,5-6,9-10H,4,7-8H2,1H3,(H,16,21)(H,18,19). The summed E-state index contributed by atoms with van der Waals surface area (Å²) in [5, 5.41) is 6.86.